The molecule has 1 aromatic rings. The third-order valence-electron chi connectivity index (χ3n) is 6.18. The number of benzene rings is 1. The van der Waals surface area contributed by atoms with Gasteiger partial charge in [0.1, 0.15) is 0 Å². The molecule has 1 saturated carbocycles. The summed E-state index contributed by atoms with van der Waals surface area (Å²) in [5.74, 6) is 0.127. The first-order valence-electron chi connectivity index (χ1n) is 10.7. The molecule has 2 atom stereocenters. The standard InChI is InChI=1S/C22H31F3N2O2/c1-15(28)9-11-26-14-20(29)27-12-10-16-7-8-18(22(23,24)25)13-19(16)21(27)17-5-3-2-4-6-17/h7-8,13,15,17,21,26,28H,2-6,9-12,14H2,1H3. The van der Waals surface area contributed by atoms with E-state index in [4.69, 9.17) is 0 Å². The van der Waals surface area contributed by atoms with Gasteiger partial charge in [0, 0.05) is 6.54 Å². The molecular weight excluding hydrogens is 381 g/mol. The van der Waals surface area contributed by atoms with E-state index in [1.807, 2.05) is 0 Å². The molecule has 0 radical (unpaired) electrons. The van der Waals surface area contributed by atoms with E-state index >= 15 is 0 Å². The van der Waals surface area contributed by atoms with Crippen LogP contribution >= 0.6 is 0 Å². The summed E-state index contributed by atoms with van der Waals surface area (Å²) >= 11 is 0. The van der Waals surface area contributed by atoms with Crippen molar-refractivity contribution < 1.29 is 23.1 Å². The zero-order chi connectivity index (χ0) is 21.0. The van der Waals surface area contributed by atoms with Crippen molar-refractivity contribution in [1.82, 2.24) is 10.2 Å². The molecule has 2 aliphatic rings. The second kappa shape index (κ2) is 9.47. The van der Waals surface area contributed by atoms with E-state index in [-0.39, 0.29) is 24.4 Å². The average molecular weight is 412 g/mol. The molecule has 7 heteroatoms. The Balaban J connectivity index is 1.84. The van der Waals surface area contributed by atoms with E-state index in [1.165, 1.54) is 6.07 Å². The van der Waals surface area contributed by atoms with Crippen molar-refractivity contribution in [2.24, 2.45) is 5.92 Å². The van der Waals surface area contributed by atoms with E-state index < -0.39 is 17.8 Å². The molecule has 1 fully saturated rings. The number of rotatable bonds is 6. The molecule has 0 aromatic heterocycles. The summed E-state index contributed by atoms with van der Waals surface area (Å²) in [6.45, 7) is 2.91. The lowest BCUT2D eigenvalue weighted by Crippen LogP contribution is -2.47. The third-order valence-corrected chi connectivity index (χ3v) is 6.18. The van der Waals surface area contributed by atoms with Crippen molar-refractivity contribution in [2.45, 2.75) is 70.2 Å². The molecule has 1 aliphatic heterocycles. The molecule has 1 amide bonds. The molecule has 0 saturated heterocycles. The summed E-state index contributed by atoms with van der Waals surface area (Å²) in [6, 6.07) is 3.74. The van der Waals surface area contributed by atoms with Gasteiger partial charge in [0.25, 0.3) is 0 Å². The van der Waals surface area contributed by atoms with Gasteiger partial charge in [-0.15, -0.1) is 0 Å². The number of carbonyl (C=O) groups is 1. The van der Waals surface area contributed by atoms with Crippen molar-refractivity contribution in [1.29, 1.82) is 0 Å². The van der Waals surface area contributed by atoms with Crippen LogP contribution in [0.2, 0.25) is 0 Å². The maximum absolute atomic E-state index is 13.3. The lowest BCUT2D eigenvalue weighted by Gasteiger charge is -2.43. The highest BCUT2D eigenvalue weighted by Gasteiger charge is 2.39. The SMILES string of the molecule is CC(O)CCNCC(=O)N1CCc2ccc(C(F)(F)F)cc2C1C1CCCCC1. The number of halogens is 3. The molecule has 3 rings (SSSR count). The highest BCUT2D eigenvalue weighted by molar-refractivity contribution is 5.79. The highest BCUT2D eigenvalue weighted by atomic mass is 19.4. The molecule has 1 heterocycles. The fourth-order valence-electron chi connectivity index (χ4n) is 4.67. The second-order valence-electron chi connectivity index (χ2n) is 8.41. The number of hydrogen-bond acceptors (Lipinski definition) is 3. The summed E-state index contributed by atoms with van der Waals surface area (Å²) in [6.07, 6.45) is 1.46. The minimum atomic E-state index is -4.39. The van der Waals surface area contributed by atoms with Crippen molar-refractivity contribution in [3.8, 4) is 0 Å². The molecule has 0 bridgehead atoms. The molecule has 0 spiro atoms. The number of fused-ring (bicyclic) bond motifs is 1. The summed E-state index contributed by atoms with van der Waals surface area (Å²) in [4.78, 5) is 14.8. The number of nitrogens with one attached hydrogen (secondary N) is 1. The zero-order valence-electron chi connectivity index (χ0n) is 17.0. The summed E-state index contributed by atoms with van der Waals surface area (Å²) in [5, 5.41) is 12.4. The van der Waals surface area contributed by atoms with Gasteiger partial charge in [-0.05, 0) is 68.3 Å². The molecule has 1 aliphatic carbocycles. The Labute approximate surface area is 170 Å². The van der Waals surface area contributed by atoms with Crippen molar-refractivity contribution in [2.75, 3.05) is 19.6 Å². The van der Waals surface area contributed by atoms with Gasteiger partial charge in [0.2, 0.25) is 5.91 Å². The molecule has 29 heavy (non-hydrogen) atoms. The first kappa shape index (κ1) is 22.1. The van der Waals surface area contributed by atoms with E-state index in [1.54, 1.807) is 17.9 Å². The van der Waals surface area contributed by atoms with E-state index in [9.17, 15) is 23.1 Å². The Morgan fingerprint density at radius 3 is 2.66 bits per heavy atom. The average Bonchev–Trinajstić information content (AvgIpc) is 2.69. The van der Waals surface area contributed by atoms with Crippen LogP contribution in [0.25, 0.3) is 0 Å². The minimum Gasteiger partial charge on any atom is -0.393 e. The quantitative estimate of drug-likeness (QED) is 0.693. The van der Waals surface area contributed by atoms with Crippen LogP contribution in [0.1, 0.15) is 68.2 Å². The fourth-order valence-corrected chi connectivity index (χ4v) is 4.67. The first-order chi connectivity index (χ1) is 13.8. The van der Waals surface area contributed by atoms with Gasteiger partial charge in [-0.2, -0.15) is 13.2 Å². The molecule has 4 nitrogen and oxygen atoms in total. The number of carbonyl (C=O) groups excluding carboxylic acids is 1. The van der Waals surface area contributed by atoms with Crippen LogP contribution < -0.4 is 5.32 Å². The van der Waals surface area contributed by atoms with Crippen molar-refractivity contribution in [3.63, 3.8) is 0 Å². The zero-order valence-corrected chi connectivity index (χ0v) is 17.0. The van der Waals surface area contributed by atoms with E-state index in [2.05, 4.69) is 5.32 Å². The van der Waals surface area contributed by atoms with Gasteiger partial charge in [-0.25, -0.2) is 0 Å². The highest BCUT2D eigenvalue weighted by Crippen LogP contribution is 2.43. The Kier molecular flexibility index (Phi) is 7.22. The van der Waals surface area contributed by atoms with Crippen LogP contribution in [0.3, 0.4) is 0 Å². The third kappa shape index (κ3) is 5.51. The lowest BCUT2D eigenvalue weighted by molar-refractivity contribution is -0.137. The Morgan fingerprint density at radius 1 is 1.28 bits per heavy atom. The molecular formula is C22H31F3N2O2. The predicted octanol–water partition coefficient (Wildman–Crippen LogP) is 4.07. The van der Waals surface area contributed by atoms with Crippen LogP contribution in [0, 0.1) is 5.92 Å². The van der Waals surface area contributed by atoms with Crippen molar-refractivity contribution >= 4 is 5.91 Å². The Bertz CT molecular complexity index is 700. The maximum Gasteiger partial charge on any atom is 0.416 e. The summed E-state index contributed by atoms with van der Waals surface area (Å²) in [7, 11) is 0. The van der Waals surface area contributed by atoms with Gasteiger partial charge in [0.05, 0.1) is 24.3 Å². The molecule has 1 aromatic carbocycles. The maximum atomic E-state index is 13.3. The number of alkyl halides is 3. The molecule has 2 N–H and O–H groups in total. The minimum absolute atomic E-state index is 0.0748. The topological polar surface area (TPSA) is 52.6 Å². The Hall–Kier alpha value is -1.60. The van der Waals surface area contributed by atoms with Crippen LogP contribution in [0.5, 0.6) is 0 Å². The van der Waals surface area contributed by atoms with E-state index in [0.717, 1.165) is 43.7 Å². The second-order valence-corrected chi connectivity index (χ2v) is 8.41. The fraction of sp³-hybridized carbons (Fsp3) is 0.682. The number of hydrogen-bond donors (Lipinski definition) is 2. The largest absolute Gasteiger partial charge is 0.416 e. The number of aliphatic hydroxyl groups excluding tert-OH is 1. The van der Waals surface area contributed by atoms with Crippen LogP contribution in [0.4, 0.5) is 13.2 Å². The van der Waals surface area contributed by atoms with Crippen LogP contribution in [0.15, 0.2) is 18.2 Å². The Morgan fingerprint density at radius 2 is 2.00 bits per heavy atom. The van der Waals surface area contributed by atoms with Crippen LogP contribution in [-0.4, -0.2) is 41.7 Å². The van der Waals surface area contributed by atoms with Crippen LogP contribution in [-0.2, 0) is 17.4 Å². The van der Waals surface area contributed by atoms with Gasteiger partial charge in [-0.1, -0.05) is 25.3 Å². The van der Waals surface area contributed by atoms with Gasteiger partial charge >= 0.3 is 6.18 Å². The molecule has 2 unspecified atom stereocenters. The number of aliphatic hydroxyl groups is 1. The smallest absolute Gasteiger partial charge is 0.393 e. The number of nitrogens with zero attached hydrogens (tertiary/aromatic N) is 1. The van der Waals surface area contributed by atoms with Gasteiger partial charge in [0.15, 0.2) is 0 Å². The van der Waals surface area contributed by atoms with Gasteiger partial charge < -0.3 is 15.3 Å². The molecule has 162 valence electrons. The van der Waals surface area contributed by atoms with E-state index in [0.29, 0.717) is 31.5 Å². The lowest BCUT2D eigenvalue weighted by atomic mass is 9.76. The number of amides is 1. The summed E-state index contributed by atoms with van der Waals surface area (Å²) < 4.78 is 40.0. The monoisotopic (exact) mass is 412 g/mol. The van der Waals surface area contributed by atoms with Gasteiger partial charge in [-0.3, -0.25) is 4.79 Å². The van der Waals surface area contributed by atoms with Crippen molar-refractivity contribution in [3.05, 3.63) is 34.9 Å². The summed E-state index contributed by atoms with van der Waals surface area (Å²) in [5.41, 5.74) is 0.969. The first-order valence-corrected chi connectivity index (χ1v) is 10.7. The predicted molar refractivity (Wildman–Crippen MR) is 105 cm³/mol. The normalized spacial score (nSPS) is 21.7.